The van der Waals surface area contributed by atoms with Crippen LogP contribution in [0.2, 0.25) is 0 Å². The predicted molar refractivity (Wildman–Crippen MR) is 230 cm³/mol. The maximum Gasteiger partial charge on any atom is 0.329 e. The van der Waals surface area contributed by atoms with Crippen molar-refractivity contribution in [2.24, 2.45) is 7.05 Å². The fraction of sp³-hybridized carbons (Fsp3) is 0.455. The number of imide groups is 1. The molecule has 63 heavy (non-hydrogen) atoms. The molecule has 9 rings (SSSR count). The summed E-state index contributed by atoms with van der Waals surface area (Å²) in [6, 6.07) is 12.2. The Morgan fingerprint density at radius 1 is 1.03 bits per heavy atom. The van der Waals surface area contributed by atoms with Crippen molar-refractivity contribution in [3.8, 4) is 17.6 Å². The Labute approximate surface area is 363 Å². The summed E-state index contributed by atoms with van der Waals surface area (Å²) in [5.41, 5.74) is 2.64. The molecule has 330 valence electrons. The molecular formula is C44H48F2N10O6S. The van der Waals surface area contributed by atoms with Gasteiger partial charge in [0.25, 0.3) is 0 Å². The summed E-state index contributed by atoms with van der Waals surface area (Å²) < 4.78 is 73.8. The molecule has 1 atom stereocenters. The standard InChI is InChI=1S/C44H48F2N10O6S/c1-4-53(2)63(59,60)52-35-12-10-33(45)41(32(35)23-47)62-29-9-11-36-37(19-29)49-38(24-48-36)27-22-44(61-25-27)14-17-55(18-15-44)28-7-5-26(6-8-28)30-21-39-31(20-34(30)46)42(51-54(39)3)56-16-13-40(57)50-43(56)58/h9-12,19-21,24,26-28,52H,4-8,13-18,22,25H2,1-3H3,(H,50,57,58)/t26?,27-,28?/m0/s1. The van der Waals surface area contributed by atoms with Crippen LogP contribution in [0.15, 0.2) is 48.7 Å². The number of aryl methyl sites for hydroxylation is 1. The highest BCUT2D eigenvalue weighted by Gasteiger charge is 2.45. The number of hydrogen-bond donors (Lipinski definition) is 2. The molecule has 3 aromatic carbocycles. The molecule has 4 fully saturated rings. The molecular weight excluding hydrogens is 835 g/mol. The number of piperidine rings is 1. The van der Waals surface area contributed by atoms with E-state index >= 15 is 8.78 Å². The van der Waals surface area contributed by atoms with Gasteiger partial charge in [-0.2, -0.15) is 23.1 Å². The number of carbonyl (C=O) groups excluding carboxylic acids is 2. The van der Waals surface area contributed by atoms with E-state index in [2.05, 4.69) is 25.0 Å². The van der Waals surface area contributed by atoms with Crippen molar-refractivity contribution in [3.63, 3.8) is 0 Å². The van der Waals surface area contributed by atoms with Gasteiger partial charge in [0.05, 0.1) is 40.1 Å². The maximum absolute atomic E-state index is 15.8. The number of amides is 3. The van der Waals surface area contributed by atoms with E-state index in [4.69, 9.17) is 14.5 Å². The first-order chi connectivity index (χ1) is 30.2. The lowest BCUT2D eigenvalue weighted by Gasteiger charge is -2.44. The zero-order valence-corrected chi connectivity index (χ0v) is 36.1. The van der Waals surface area contributed by atoms with E-state index in [1.807, 2.05) is 12.1 Å². The number of carbonyl (C=O) groups is 2. The number of nitrogens with one attached hydrogen (secondary N) is 2. The summed E-state index contributed by atoms with van der Waals surface area (Å²) in [6.07, 6.45) is 8.14. The number of anilines is 2. The van der Waals surface area contributed by atoms with E-state index in [1.165, 1.54) is 24.1 Å². The summed E-state index contributed by atoms with van der Waals surface area (Å²) in [6.45, 7) is 4.35. The highest BCUT2D eigenvalue weighted by Crippen LogP contribution is 2.45. The van der Waals surface area contributed by atoms with Crippen LogP contribution in [-0.2, 0) is 26.8 Å². The van der Waals surface area contributed by atoms with Gasteiger partial charge >= 0.3 is 16.2 Å². The van der Waals surface area contributed by atoms with Crippen LogP contribution in [0.1, 0.15) is 86.9 Å². The minimum Gasteiger partial charge on any atom is -0.453 e. The largest absolute Gasteiger partial charge is 0.453 e. The molecule has 1 saturated carbocycles. The third kappa shape index (κ3) is 8.16. The van der Waals surface area contributed by atoms with Gasteiger partial charge in [-0.15, -0.1) is 0 Å². The number of urea groups is 1. The second-order valence-electron chi connectivity index (χ2n) is 17.0. The molecule has 5 heterocycles. The number of aromatic nitrogens is 4. The number of ether oxygens (including phenoxy) is 2. The van der Waals surface area contributed by atoms with Crippen LogP contribution in [-0.4, -0.2) is 101 Å². The van der Waals surface area contributed by atoms with E-state index < -0.39 is 27.8 Å². The third-order valence-electron chi connectivity index (χ3n) is 13.3. The van der Waals surface area contributed by atoms with Gasteiger partial charge in [0.2, 0.25) is 5.91 Å². The van der Waals surface area contributed by atoms with E-state index in [9.17, 15) is 23.3 Å². The van der Waals surface area contributed by atoms with Gasteiger partial charge in [0.15, 0.2) is 17.4 Å². The molecule has 2 N–H and O–H groups in total. The second kappa shape index (κ2) is 16.7. The van der Waals surface area contributed by atoms with Crippen molar-refractivity contribution in [1.82, 2.24) is 34.3 Å². The van der Waals surface area contributed by atoms with Crippen molar-refractivity contribution >= 4 is 55.6 Å². The van der Waals surface area contributed by atoms with E-state index in [0.29, 0.717) is 40.4 Å². The highest BCUT2D eigenvalue weighted by atomic mass is 32.2. The minimum absolute atomic E-state index is 0.0195. The Hall–Kier alpha value is -5.81. The zero-order valence-electron chi connectivity index (χ0n) is 35.2. The molecule has 1 spiro atoms. The van der Waals surface area contributed by atoms with Crippen LogP contribution in [0, 0.1) is 23.0 Å². The molecule has 2 aromatic heterocycles. The smallest absolute Gasteiger partial charge is 0.329 e. The molecule has 0 radical (unpaired) electrons. The van der Waals surface area contributed by atoms with Gasteiger partial charge in [0, 0.05) is 76.3 Å². The Morgan fingerprint density at radius 2 is 1.81 bits per heavy atom. The molecule has 5 aromatic rings. The monoisotopic (exact) mass is 882 g/mol. The van der Waals surface area contributed by atoms with Crippen LogP contribution < -0.4 is 19.7 Å². The molecule has 3 saturated heterocycles. The van der Waals surface area contributed by atoms with Gasteiger partial charge < -0.3 is 14.4 Å². The summed E-state index contributed by atoms with van der Waals surface area (Å²) in [5, 5.41) is 17.3. The van der Waals surface area contributed by atoms with Crippen LogP contribution in [0.4, 0.5) is 25.1 Å². The first-order valence-electron chi connectivity index (χ1n) is 21.3. The fourth-order valence-electron chi connectivity index (χ4n) is 9.61. The molecule has 3 amide bonds. The third-order valence-corrected chi connectivity index (χ3v) is 14.9. The molecule has 4 aliphatic rings. The first-order valence-corrected chi connectivity index (χ1v) is 22.8. The lowest BCUT2D eigenvalue weighted by molar-refractivity contribution is -0.120. The Kier molecular flexibility index (Phi) is 11.3. The number of likely N-dealkylation sites (tertiary alicyclic amines) is 1. The molecule has 3 aliphatic heterocycles. The molecule has 1 aliphatic carbocycles. The highest BCUT2D eigenvalue weighted by molar-refractivity contribution is 7.90. The number of fused-ring (bicyclic) bond motifs is 2. The maximum atomic E-state index is 15.8. The number of halogens is 2. The van der Waals surface area contributed by atoms with E-state index in [-0.39, 0.29) is 65.7 Å². The van der Waals surface area contributed by atoms with Crippen molar-refractivity contribution in [1.29, 1.82) is 5.26 Å². The van der Waals surface area contributed by atoms with E-state index in [1.54, 1.807) is 43.0 Å². The average molecular weight is 883 g/mol. The summed E-state index contributed by atoms with van der Waals surface area (Å²) >= 11 is 0. The van der Waals surface area contributed by atoms with Gasteiger partial charge in [-0.3, -0.25) is 29.4 Å². The number of nitrogens with zero attached hydrogens (tertiary/aromatic N) is 8. The number of rotatable bonds is 10. The van der Waals surface area contributed by atoms with Crippen molar-refractivity contribution in [2.45, 2.75) is 81.8 Å². The van der Waals surface area contributed by atoms with Crippen LogP contribution in [0.5, 0.6) is 11.5 Å². The Morgan fingerprint density at radius 3 is 2.54 bits per heavy atom. The average Bonchev–Trinajstić information content (AvgIpc) is 3.83. The van der Waals surface area contributed by atoms with Crippen LogP contribution in [0.25, 0.3) is 21.9 Å². The SMILES string of the molecule is CCN(C)S(=O)(=O)Nc1ccc(F)c(Oc2ccc3ncc([C@@H]4COC5(CCN(C6CCC(c7cc8c(cc7F)c(N7CCC(=O)NC7=O)nn8C)CC6)CC5)C4)nc3c2)c1C#N. The van der Waals surface area contributed by atoms with Gasteiger partial charge in [0.1, 0.15) is 23.2 Å². The van der Waals surface area contributed by atoms with Gasteiger partial charge in [-0.05, 0) is 92.8 Å². The van der Waals surface area contributed by atoms with Crippen molar-refractivity contribution in [2.75, 3.05) is 49.5 Å². The van der Waals surface area contributed by atoms with Gasteiger partial charge in [-0.1, -0.05) is 6.92 Å². The second-order valence-corrected chi connectivity index (χ2v) is 18.8. The molecule has 16 nitrogen and oxygen atoms in total. The van der Waals surface area contributed by atoms with Crippen LogP contribution >= 0.6 is 0 Å². The molecule has 0 bridgehead atoms. The molecule has 0 unspecified atom stereocenters. The fourth-order valence-corrected chi connectivity index (χ4v) is 10.6. The summed E-state index contributed by atoms with van der Waals surface area (Å²) in [7, 11) is -0.818. The topological polar surface area (TPSA) is 188 Å². The Bertz CT molecular complexity index is 2780. The van der Waals surface area contributed by atoms with Crippen molar-refractivity contribution < 1.29 is 36.3 Å². The molecule has 19 heteroatoms. The van der Waals surface area contributed by atoms with Gasteiger partial charge in [-0.25, -0.2) is 18.6 Å². The quantitative estimate of drug-likeness (QED) is 0.154. The predicted octanol–water partition coefficient (Wildman–Crippen LogP) is 6.58. The normalized spacial score (nSPS) is 21.9. The lowest BCUT2D eigenvalue weighted by atomic mass is 9.79. The minimum atomic E-state index is -3.98. The summed E-state index contributed by atoms with van der Waals surface area (Å²) in [4.78, 5) is 37.7. The zero-order chi connectivity index (χ0) is 44.2. The van der Waals surface area contributed by atoms with Crippen molar-refractivity contribution in [3.05, 3.63) is 77.1 Å². The Balaban J connectivity index is 0.818. The van der Waals surface area contributed by atoms with Crippen LogP contribution in [0.3, 0.4) is 0 Å². The first kappa shape index (κ1) is 42.5. The lowest BCUT2D eigenvalue weighted by Crippen LogP contribution is -2.49. The number of hydrogen-bond acceptors (Lipinski definition) is 11. The number of nitriles is 1. The summed E-state index contributed by atoms with van der Waals surface area (Å²) in [5.74, 6) is -1.24. The van der Waals surface area contributed by atoms with E-state index in [0.717, 1.165) is 79.6 Å². The number of benzene rings is 3.